The van der Waals surface area contributed by atoms with E-state index in [-0.39, 0.29) is 18.9 Å². The highest BCUT2D eigenvalue weighted by atomic mass is 35.5. The van der Waals surface area contributed by atoms with Crippen LogP contribution >= 0.6 is 23.2 Å². The summed E-state index contributed by atoms with van der Waals surface area (Å²) in [5.74, 6) is -1.86. The number of ether oxygens (including phenoxy) is 1. The minimum Gasteiger partial charge on any atom is -0.455 e. The van der Waals surface area contributed by atoms with Crippen molar-refractivity contribution in [3.63, 3.8) is 0 Å². The monoisotopic (exact) mass is 420 g/mol. The second kappa shape index (κ2) is 8.63. The molecule has 1 N–H and O–H groups in total. The molecule has 0 radical (unpaired) electrons. The Hall–Kier alpha value is -2.57. The molecule has 0 bridgehead atoms. The van der Waals surface area contributed by atoms with E-state index in [1.807, 2.05) is 31.2 Å². The van der Waals surface area contributed by atoms with Crippen molar-refractivity contribution in [3.05, 3.63) is 58.1 Å². The first kappa shape index (κ1) is 20.2. The van der Waals surface area contributed by atoms with Crippen LogP contribution in [0.2, 0.25) is 10.0 Å². The summed E-state index contributed by atoms with van der Waals surface area (Å²) in [6.45, 7) is 1.67. The maximum Gasteiger partial charge on any atom is 0.311 e. The number of carbonyl (C=O) groups excluding carboxylic acids is 3. The maximum atomic E-state index is 12.3. The molecule has 8 heteroatoms. The van der Waals surface area contributed by atoms with Gasteiger partial charge in [-0.2, -0.15) is 0 Å². The topological polar surface area (TPSA) is 75.7 Å². The van der Waals surface area contributed by atoms with Crippen LogP contribution in [0.4, 0.5) is 11.4 Å². The molecule has 2 aromatic rings. The van der Waals surface area contributed by atoms with Crippen molar-refractivity contribution in [2.45, 2.75) is 13.3 Å². The molecule has 6 nitrogen and oxygen atoms in total. The van der Waals surface area contributed by atoms with E-state index in [1.165, 1.54) is 18.2 Å². The van der Waals surface area contributed by atoms with E-state index in [1.54, 1.807) is 4.90 Å². The Morgan fingerprint density at radius 2 is 1.86 bits per heavy atom. The van der Waals surface area contributed by atoms with Crippen molar-refractivity contribution in [2.24, 2.45) is 5.92 Å². The lowest BCUT2D eigenvalue weighted by atomic mass is 10.1. The average Bonchev–Trinajstić information content (AvgIpc) is 3.01. The van der Waals surface area contributed by atoms with E-state index >= 15 is 0 Å². The number of hydrogen-bond acceptors (Lipinski definition) is 4. The summed E-state index contributed by atoms with van der Waals surface area (Å²) >= 11 is 11.8. The molecule has 2 aromatic carbocycles. The summed E-state index contributed by atoms with van der Waals surface area (Å²) in [6.07, 6.45) is 0.0543. The summed E-state index contributed by atoms with van der Waals surface area (Å²) in [5.41, 5.74) is 2.13. The van der Waals surface area contributed by atoms with Crippen LogP contribution < -0.4 is 10.2 Å². The number of esters is 1. The molecule has 1 aliphatic rings. The lowest BCUT2D eigenvalue weighted by Gasteiger charge is -2.18. The quantitative estimate of drug-likeness (QED) is 0.745. The largest absolute Gasteiger partial charge is 0.455 e. The van der Waals surface area contributed by atoms with E-state index < -0.39 is 24.4 Å². The Bertz CT molecular complexity index is 912. The summed E-state index contributed by atoms with van der Waals surface area (Å²) in [7, 11) is 0. The molecule has 0 aromatic heterocycles. The fraction of sp³-hybridized carbons (Fsp3) is 0.250. The van der Waals surface area contributed by atoms with Gasteiger partial charge in [-0.25, -0.2) is 0 Å². The number of rotatable bonds is 5. The van der Waals surface area contributed by atoms with E-state index in [0.717, 1.165) is 11.3 Å². The number of anilines is 2. The van der Waals surface area contributed by atoms with Gasteiger partial charge in [0.05, 0.1) is 5.92 Å². The van der Waals surface area contributed by atoms with Crippen molar-refractivity contribution in [1.82, 2.24) is 0 Å². The Morgan fingerprint density at radius 3 is 2.54 bits per heavy atom. The zero-order valence-corrected chi connectivity index (χ0v) is 16.6. The number of amides is 2. The predicted octanol–water partition coefficient (Wildman–Crippen LogP) is 3.84. The molecule has 0 saturated carbocycles. The zero-order valence-electron chi connectivity index (χ0n) is 15.1. The number of aryl methyl sites for hydroxylation is 1. The Balaban J connectivity index is 1.54. The Kier molecular flexibility index (Phi) is 6.21. The van der Waals surface area contributed by atoms with Crippen LogP contribution in [0.3, 0.4) is 0 Å². The normalized spacial score (nSPS) is 16.2. The number of nitrogens with zero attached hydrogens (tertiary/aromatic N) is 1. The minimum absolute atomic E-state index is 0.0543. The second-order valence-corrected chi connectivity index (χ2v) is 7.38. The van der Waals surface area contributed by atoms with Gasteiger partial charge in [-0.1, -0.05) is 41.4 Å². The molecule has 1 saturated heterocycles. The predicted molar refractivity (Wildman–Crippen MR) is 108 cm³/mol. The van der Waals surface area contributed by atoms with Gasteiger partial charge in [0.25, 0.3) is 5.91 Å². The molecule has 3 rings (SSSR count). The van der Waals surface area contributed by atoms with Gasteiger partial charge in [0.2, 0.25) is 5.91 Å². The highest BCUT2D eigenvalue weighted by Crippen LogP contribution is 2.28. The van der Waals surface area contributed by atoms with Gasteiger partial charge in [-0.05, 0) is 36.8 Å². The minimum atomic E-state index is -0.611. The number of para-hydroxylation sites is 1. The molecule has 0 unspecified atom stereocenters. The standard InChI is InChI=1S/C20H18Cl2N2O4/c1-12-4-2-3-5-17(12)24-10-13(6-19(24)26)20(27)28-11-18(25)23-16-8-14(21)7-15(22)9-16/h2-5,7-9,13H,6,10-11H2,1H3,(H,23,25)/t13-/m0/s1. The van der Waals surface area contributed by atoms with Crippen LogP contribution in [-0.2, 0) is 19.1 Å². The first-order chi connectivity index (χ1) is 13.3. The van der Waals surface area contributed by atoms with Gasteiger partial charge in [-0.3, -0.25) is 14.4 Å². The molecule has 1 aliphatic heterocycles. The van der Waals surface area contributed by atoms with Gasteiger partial charge in [0.1, 0.15) is 0 Å². The molecule has 0 spiro atoms. The van der Waals surface area contributed by atoms with Crippen molar-refractivity contribution >= 4 is 52.4 Å². The van der Waals surface area contributed by atoms with E-state index in [0.29, 0.717) is 15.7 Å². The van der Waals surface area contributed by atoms with E-state index in [4.69, 9.17) is 27.9 Å². The van der Waals surface area contributed by atoms with Crippen molar-refractivity contribution in [3.8, 4) is 0 Å². The first-order valence-electron chi connectivity index (χ1n) is 8.62. The third kappa shape index (κ3) is 4.82. The molecule has 0 aliphatic carbocycles. The maximum absolute atomic E-state index is 12.3. The number of carbonyl (C=O) groups is 3. The van der Waals surface area contributed by atoms with Gasteiger partial charge >= 0.3 is 5.97 Å². The summed E-state index contributed by atoms with van der Waals surface area (Å²) < 4.78 is 5.09. The smallest absolute Gasteiger partial charge is 0.311 e. The van der Waals surface area contributed by atoms with Crippen LogP contribution in [0.25, 0.3) is 0 Å². The lowest BCUT2D eigenvalue weighted by Crippen LogP contribution is -2.28. The van der Waals surface area contributed by atoms with Crippen molar-refractivity contribution < 1.29 is 19.1 Å². The van der Waals surface area contributed by atoms with E-state index in [2.05, 4.69) is 5.32 Å². The number of benzene rings is 2. The Labute approximate surface area is 172 Å². The van der Waals surface area contributed by atoms with Crippen LogP contribution in [-0.4, -0.2) is 30.9 Å². The molecule has 28 heavy (non-hydrogen) atoms. The third-order valence-corrected chi connectivity index (χ3v) is 4.79. The highest BCUT2D eigenvalue weighted by Gasteiger charge is 2.36. The molecule has 1 atom stereocenters. The molecule has 1 fully saturated rings. The Morgan fingerprint density at radius 1 is 1.18 bits per heavy atom. The first-order valence-corrected chi connectivity index (χ1v) is 9.37. The molecular formula is C20H18Cl2N2O4. The fourth-order valence-corrected chi connectivity index (χ4v) is 3.57. The van der Waals surface area contributed by atoms with Crippen molar-refractivity contribution in [1.29, 1.82) is 0 Å². The summed E-state index contributed by atoms with van der Waals surface area (Å²) in [4.78, 5) is 38.2. The third-order valence-electron chi connectivity index (χ3n) is 4.36. The highest BCUT2D eigenvalue weighted by molar-refractivity contribution is 6.35. The van der Waals surface area contributed by atoms with Crippen molar-refractivity contribution in [2.75, 3.05) is 23.4 Å². The van der Waals surface area contributed by atoms with Gasteiger partial charge in [-0.15, -0.1) is 0 Å². The second-order valence-electron chi connectivity index (χ2n) is 6.51. The zero-order chi connectivity index (χ0) is 20.3. The van der Waals surface area contributed by atoms with Gasteiger partial charge in [0.15, 0.2) is 6.61 Å². The number of nitrogens with one attached hydrogen (secondary N) is 1. The number of halogens is 2. The average molecular weight is 421 g/mol. The molecule has 2 amide bonds. The van der Waals surface area contributed by atoms with Crippen LogP contribution in [0, 0.1) is 12.8 Å². The van der Waals surface area contributed by atoms with Gasteiger partial charge < -0.3 is 15.0 Å². The summed E-state index contributed by atoms with van der Waals surface area (Å²) in [5, 5.41) is 3.31. The van der Waals surface area contributed by atoms with Crippen LogP contribution in [0.5, 0.6) is 0 Å². The van der Waals surface area contributed by atoms with Gasteiger partial charge in [0, 0.05) is 34.4 Å². The summed E-state index contributed by atoms with van der Waals surface area (Å²) in [6, 6.07) is 12.1. The van der Waals surface area contributed by atoms with E-state index in [9.17, 15) is 14.4 Å². The van der Waals surface area contributed by atoms with Crippen LogP contribution in [0.1, 0.15) is 12.0 Å². The lowest BCUT2D eigenvalue weighted by molar-refractivity contribution is -0.151. The molecule has 1 heterocycles. The fourth-order valence-electron chi connectivity index (χ4n) is 3.04. The molecular weight excluding hydrogens is 403 g/mol. The SMILES string of the molecule is Cc1ccccc1N1C[C@@H](C(=O)OCC(=O)Nc2cc(Cl)cc(Cl)c2)CC1=O. The number of hydrogen-bond donors (Lipinski definition) is 1. The van der Waals surface area contributed by atoms with Crippen LogP contribution in [0.15, 0.2) is 42.5 Å². The molecule has 146 valence electrons.